The molecule has 1 unspecified atom stereocenters. The van der Waals surface area contributed by atoms with Gasteiger partial charge in [-0.2, -0.15) is 0 Å². The minimum atomic E-state index is -0.0689. The molecular weight excluding hydrogens is 248 g/mol. The molecule has 0 aromatic carbocycles. The maximum Gasteiger partial charge on any atom is 0.305 e. The molecule has 1 atom stereocenters. The van der Waals surface area contributed by atoms with Crippen LogP contribution in [0.4, 0.5) is 0 Å². The Kier molecular flexibility index (Phi) is 14.5. The van der Waals surface area contributed by atoms with E-state index < -0.39 is 0 Å². The van der Waals surface area contributed by atoms with Crippen molar-refractivity contribution in [2.45, 2.75) is 110 Å². The van der Waals surface area contributed by atoms with Crippen LogP contribution in [-0.2, 0) is 9.53 Å². The number of carbonyl (C=O) groups is 1. The molecule has 0 saturated heterocycles. The maximum absolute atomic E-state index is 11.1. The van der Waals surface area contributed by atoms with Crippen molar-refractivity contribution in [1.29, 1.82) is 0 Å². The average molecular weight is 284 g/mol. The van der Waals surface area contributed by atoms with Crippen molar-refractivity contribution in [3.8, 4) is 0 Å². The van der Waals surface area contributed by atoms with Gasteiger partial charge in [0.15, 0.2) is 0 Å². The molecule has 0 spiro atoms. The fraction of sp³-hybridized carbons (Fsp3) is 0.944. The molecule has 0 rings (SSSR count). The van der Waals surface area contributed by atoms with E-state index in [2.05, 4.69) is 6.92 Å². The van der Waals surface area contributed by atoms with Crippen LogP contribution in [0.3, 0.4) is 0 Å². The number of hydrogen-bond acceptors (Lipinski definition) is 2. The SMILES string of the molecule is CCCCCCCCCCCCCC(C)OC(=O)CC. The predicted molar refractivity (Wildman–Crippen MR) is 86.9 cm³/mol. The van der Waals surface area contributed by atoms with Crippen LogP contribution in [0.2, 0.25) is 0 Å². The summed E-state index contributed by atoms with van der Waals surface area (Å²) in [5.74, 6) is -0.0689. The largest absolute Gasteiger partial charge is 0.463 e. The van der Waals surface area contributed by atoms with Gasteiger partial charge in [0.2, 0.25) is 0 Å². The highest BCUT2D eigenvalue weighted by Crippen LogP contribution is 2.13. The first-order chi connectivity index (χ1) is 9.70. The Morgan fingerprint density at radius 2 is 1.25 bits per heavy atom. The molecule has 0 aliphatic heterocycles. The minimum absolute atomic E-state index is 0.0689. The van der Waals surface area contributed by atoms with Gasteiger partial charge in [0.1, 0.15) is 0 Å². The number of esters is 1. The van der Waals surface area contributed by atoms with Crippen LogP contribution in [-0.4, -0.2) is 12.1 Å². The van der Waals surface area contributed by atoms with Crippen molar-refractivity contribution in [3.05, 3.63) is 0 Å². The van der Waals surface area contributed by atoms with Gasteiger partial charge in [0, 0.05) is 6.42 Å². The van der Waals surface area contributed by atoms with Gasteiger partial charge in [0.25, 0.3) is 0 Å². The van der Waals surface area contributed by atoms with Gasteiger partial charge < -0.3 is 4.74 Å². The highest BCUT2D eigenvalue weighted by Gasteiger charge is 2.06. The van der Waals surface area contributed by atoms with E-state index in [9.17, 15) is 4.79 Å². The van der Waals surface area contributed by atoms with Crippen LogP contribution in [0.1, 0.15) is 104 Å². The maximum atomic E-state index is 11.1. The molecule has 2 nitrogen and oxygen atoms in total. The molecule has 120 valence electrons. The van der Waals surface area contributed by atoms with Gasteiger partial charge in [-0.3, -0.25) is 4.79 Å². The lowest BCUT2D eigenvalue weighted by atomic mass is 10.0. The molecule has 0 saturated carbocycles. The quantitative estimate of drug-likeness (QED) is 0.287. The summed E-state index contributed by atoms with van der Waals surface area (Å²) in [5, 5.41) is 0. The second-order valence-corrected chi connectivity index (χ2v) is 5.98. The fourth-order valence-electron chi connectivity index (χ4n) is 2.46. The van der Waals surface area contributed by atoms with Gasteiger partial charge in [0.05, 0.1) is 6.10 Å². The lowest BCUT2D eigenvalue weighted by molar-refractivity contribution is -0.148. The van der Waals surface area contributed by atoms with Crippen molar-refractivity contribution in [2.75, 3.05) is 0 Å². The third-order valence-corrected chi connectivity index (χ3v) is 3.84. The highest BCUT2D eigenvalue weighted by atomic mass is 16.5. The number of ether oxygens (including phenoxy) is 1. The van der Waals surface area contributed by atoms with Gasteiger partial charge in [-0.05, 0) is 19.8 Å². The molecule has 2 heteroatoms. The van der Waals surface area contributed by atoms with Crippen LogP contribution < -0.4 is 0 Å². The monoisotopic (exact) mass is 284 g/mol. The van der Waals surface area contributed by atoms with Crippen molar-refractivity contribution in [3.63, 3.8) is 0 Å². The number of rotatable bonds is 14. The molecule has 0 aliphatic carbocycles. The van der Waals surface area contributed by atoms with Crippen molar-refractivity contribution >= 4 is 5.97 Å². The van der Waals surface area contributed by atoms with Crippen LogP contribution in [0.15, 0.2) is 0 Å². The summed E-state index contributed by atoms with van der Waals surface area (Å²) in [6, 6.07) is 0. The van der Waals surface area contributed by atoms with E-state index in [4.69, 9.17) is 4.74 Å². The zero-order valence-corrected chi connectivity index (χ0v) is 14.1. The Balaban J connectivity index is 3.14. The molecule has 0 radical (unpaired) electrons. The molecule has 0 aliphatic rings. The summed E-state index contributed by atoms with van der Waals surface area (Å²) < 4.78 is 5.25. The smallest absolute Gasteiger partial charge is 0.305 e. The number of unbranched alkanes of at least 4 members (excludes halogenated alkanes) is 10. The summed E-state index contributed by atoms with van der Waals surface area (Å²) >= 11 is 0. The Labute approximate surface area is 126 Å². The average Bonchev–Trinajstić information content (AvgIpc) is 2.44. The lowest BCUT2D eigenvalue weighted by Gasteiger charge is -2.12. The van der Waals surface area contributed by atoms with E-state index >= 15 is 0 Å². The Morgan fingerprint density at radius 3 is 1.70 bits per heavy atom. The van der Waals surface area contributed by atoms with Crippen molar-refractivity contribution in [1.82, 2.24) is 0 Å². The molecular formula is C18H36O2. The van der Waals surface area contributed by atoms with Crippen LogP contribution >= 0.6 is 0 Å². The summed E-state index contributed by atoms with van der Waals surface area (Å²) in [7, 11) is 0. The second kappa shape index (κ2) is 14.9. The van der Waals surface area contributed by atoms with Gasteiger partial charge >= 0.3 is 5.97 Å². The number of hydrogen-bond donors (Lipinski definition) is 0. The summed E-state index contributed by atoms with van der Waals surface area (Å²) in [6.45, 7) is 6.12. The Morgan fingerprint density at radius 1 is 0.800 bits per heavy atom. The van der Waals surface area contributed by atoms with Crippen molar-refractivity contribution in [2.24, 2.45) is 0 Å². The van der Waals surface area contributed by atoms with E-state index in [0.29, 0.717) is 6.42 Å². The molecule has 0 aromatic rings. The fourth-order valence-corrected chi connectivity index (χ4v) is 2.46. The third-order valence-electron chi connectivity index (χ3n) is 3.84. The zero-order chi connectivity index (χ0) is 15.1. The van der Waals surface area contributed by atoms with Crippen molar-refractivity contribution < 1.29 is 9.53 Å². The first-order valence-electron chi connectivity index (χ1n) is 8.90. The summed E-state index contributed by atoms with van der Waals surface area (Å²) in [5.41, 5.74) is 0. The standard InChI is InChI=1S/C18H36O2/c1-4-6-7-8-9-10-11-12-13-14-15-16-17(3)20-18(19)5-2/h17H,4-16H2,1-3H3. The van der Waals surface area contributed by atoms with Crippen LogP contribution in [0.5, 0.6) is 0 Å². The minimum Gasteiger partial charge on any atom is -0.463 e. The van der Waals surface area contributed by atoms with Gasteiger partial charge in [-0.25, -0.2) is 0 Å². The molecule has 0 fully saturated rings. The molecule has 0 aromatic heterocycles. The topological polar surface area (TPSA) is 26.3 Å². The highest BCUT2D eigenvalue weighted by molar-refractivity contribution is 5.69. The third kappa shape index (κ3) is 13.9. The summed E-state index contributed by atoms with van der Waals surface area (Å²) in [6.07, 6.45) is 16.6. The normalized spacial score (nSPS) is 12.3. The first-order valence-corrected chi connectivity index (χ1v) is 8.90. The van der Waals surface area contributed by atoms with E-state index in [1.807, 2.05) is 13.8 Å². The van der Waals surface area contributed by atoms with Gasteiger partial charge in [-0.1, -0.05) is 78.1 Å². The molecule has 20 heavy (non-hydrogen) atoms. The van der Waals surface area contributed by atoms with Gasteiger partial charge in [-0.15, -0.1) is 0 Å². The molecule has 0 bridgehead atoms. The van der Waals surface area contributed by atoms with Crippen LogP contribution in [0, 0.1) is 0 Å². The molecule has 0 heterocycles. The lowest BCUT2D eigenvalue weighted by Crippen LogP contribution is -2.13. The first kappa shape index (κ1) is 19.5. The zero-order valence-electron chi connectivity index (χ0n) is 14.1. The Hall–Kier alpha value is -0.530. The Bertz CT molecular complexity index is 213. The van der Waals surface area contributed by atoms with E-state index in [-0.39, 0.29) is 12.1 Å². The van der Waals surface area contributed by atoms with E-state index in [1.54, 1.807) is 0 Å². The van der Waals surface area contributed by atoms with E-state index in [1.165, 1.54) is 70.6 Å². The number of carbonyl (C=O) groups excluding carboxylic acids is 1. The van der Waals surface area contributed by atoms with E-state index in [0.717, 1.165) is 6.42 Å². The predicted octanol–water partition coefficient (Wildman–Crippen LogP) is 6.03. The summed E-state index contributed by atoms with van der Waals surface area (Å²) in [4.78, 5) is 11.1. The van der Waals surface area contributed by atoms with Crippen LogP contribution in [0.25, 0.3) is 0 Å². The second-order valence-electron chi connectivity index (χ2n) is 5.98. The molecule has 0 N–H and O–H groups in total. The molecule has 0 amide bonds.